The molecular formula is C20H23N5O. The van der Waals surface area contributed by atoms with Crippen molar-refractivity contribution >= 4 is 11.6 Å². The molecule has 0 saturated carbocycles. The van der Waals surface area contributed by atoms with Gasteiger partial charge in [0.2, 0.25) is 5.91 Å². The first-order chi connectivity index (χ1) is 12.7. The average Bonchev–Trinajstić information content (AvgIpc) is 3.26. The van der Waals surface area contributed by atoms with Crippen LogP contribution < -0.4 is 10.2 Å². The van der Waals surface area contributed by atoms with Crippen LogP contribution >= 0.6 is 0 Å². The zero-order valence-corrected chi connectivity index (χ0v) is 15.0. The van der Waals surface area contributed by atoms with E-state index in [9.17, 15) is 4.79 Å². The molecule has 2 unspecified atom stereocenters. The Bertz CT molecular complexity index is 848. The van der Waals surface area contributed by atoms with Crippen LogP contribution in [-0.2, 0) is 17.8 Å². The van der Waals surface area contributed by atoms with Crippen LogP contribution in [0.2, 0.25) is 0 Å². The lowest BCUT2D eigenvalue weighted by Gasteiger charge is -2.27. The summed E-state index contributed by atoms with van der Waals surface area (Å²) in [5.41, 5.74) is 4.03. The lowest BCUT2D eigenvalue weighted by molar-refractivity contribution is -0.119. The van der Waals surface area contributed by atoms with Crippen molar-refractivity contribution in [1.82, 2.24) is 15.1 Å². The second-order valence-electron chi connectivity index (χ2n) is 6.96. The van der Waals surface area contributed by atoms with Crippen molar-refractivity contribution in [3.05, 3.63) is 47.3 Å². The summed E-state index contributed by atoms with van der Waals surface area (Å²) in [5.74, 6) is 0.115. The number of amides is 1. The van der Waals surface area contributed by atoms with E-state index in [1.165, 1.54) is 11.3 Å². The summed E-state index contributed by atoms with van der Waals surface area (Å²) >= 11 is 0. The normalized spacial score (nSPS) is 22.3. The molecule has 4 rings (SSSR count). The van der Waals surface area contributed by atoms with Crippen LogP contribution in [0.1, 0.15) is 49.0 Å². The van der Waals surface area contributed by atoms with Crippen LogP contribution in [0.3, 0.4) is 0 Å². The van der Waals surface area contributed by atoms with Gasteiger partial charge in [-0.1, -0.05) is 0 Å². The fraction of sp³-hybridized carbons (Fsp3) is 0.450. The molecule has 0 spiro atoms. The number of hydrogen-bond acceptors (Lipinski definition) is 4. The Morgan fingerprint density at radius 2 is 2.08 bits per heavy atom. The molecule has 2 aromatic rings. The predicted molar refractivity (Wildman–Crippen MR) is 98.6 cm³/mol. The van der Waals surface area contributed by atoms with Gasteiger partial charge in [0.15, 0.2) is 0 Å². The Hall–Kier alpha value is -2.65. The molecule has 26 heavy (non-hydrogen) atoms. The lowest BCUT2D eigenvalue weighted by atomic mass is 9.92. The Morgan fingerprint density at radius 1 is 1.27 bits per heavy atom. The first kappa shape index (κ1) is 16.8. The van der Waals surface area contributed by atoms with Gasteiger partial charge in [-0.15, -0.1) is 0 Å². The summed E-state index contributed by atoms with van der Waals surface area (Å²) in [4.78, 5) is 14.7. The van der Waals surface area contributed by atoms with Crippen LogP contribution in [0.4, 0.5) is 5.69 Å². The van der Waals surface area contributed by atoms with Gasteiger partial charge in [-0.3, -0.25) is 14.8 Å². The predicted octanol–water partition coefficient (Wildman–Crippen LogP) is 2.55. The van der Waals surface area contributed by atoms with Crippen molar-refractivity contribution in [2.24, 2.45) is 0 Å². The van der Waals surface area contributed by atoms with Gasteiger partial charge in [-0.2, -0.15) is 10.4 Å². The largest absolute Gasteiger partial charge is 0.311 e. The van der Waals surface area contributed by atoms with Crippen molar-refractivity contribution < 1.29 is 4.79 Å². The summed E-state index contributed by atoms with van der Waals surface area (Å²) in [6, 6.07) is 9.37. The molecule has 2 aliphatic rings. The van der Waals surface area contributed by atoms with E-state index < -0.39 is 0 Å². The average molecular weight is 349 g/mol. The molecular weight excluding hydrogens is 326 g/mol. The molecule has 2 atom stereocenters. The maximum Gasteiger partial charge on any atom is 0.244 e. The maximum absolute atomic E-state index is 12.9. The highest BCUT2D eigenvalue weighted by molar-refractivity contribution is 5.99. The molecule has 1 aromatic carbocycles. The molecule has 1 N–H and O–H groups in total. The Kier molecular flexibility index (Phi) is 4.48. The van der Waals surface area contributed by atoms with Crippen molar-refractivity contribution in [2.75, 3.05) is 11.4 Å². The number of benzene rings is 1. The van der Waals surface area contributed by atoms with Crippen LogP contribution in [0.5, 0.6) is 0 Å². The van der Waals surface area contributed by atoms with Crippen LogP contribution in [-0.4, -0.2) is 28.3 Å². The van der Waals surface area contributed by atoms with E-state index in [4.69, 9.17) is 5.26 Å². The summed E-state index contributed by atoms with van der Waals surface area (Å²) in [6.07, 6.45) is 6.00. The summed E-state index contributed by atoms with van der Waals surface area (Å²) < 4.78 is 2.07. The van der Waals surface area contributed by atoms with Crippen LogP contribution in [0.15, 0.2) is 30.5 Å². The van der Waals surface area contributed by atoms with Gasteiger partial charge in [-0.25, -0.2) is 0 Å². The number of rotatable bonds is 4. The number of nitrogens with zero attached hydrogens (tertiary/aromatic N) is 4. The standard InChI is InChI=1S/C20H23N5O/c1-2-25-19-5-3-4-17(16(19)13-22-25)23-18-10-11-24(20(18)26)15-8-6-14(12-21)7-9-15/h6-9,13,17-18,23H,2-5,10-11H2,1H3. The summed E-state index contributed by atoms with van der Waals surface area (Å²) in [6.45, 7) is 3.70. The van der Waals surface area contributed by atoms with Crippen molar-refractivity contribution in [2.45, 2.75) is 51.2 Å². The van der Waals surface area contributed by atoms with E-state index in [1.54, 1.807) is 12.1 Å². The molecule has 134 valence electrons. The van der Waals surface area contributed by atoms with Crippen molar-refractivity contribution in [3.63, 3.8) is 0 Å². The Morgan fingerprint density at radius 3 is 2.81 bits per heavy atom. The van der Waals surface area contributed by atoms with Gasteiger partial charge in [0.25, 0.3) is 0 Å². The van der Waals surface area contributed by atoms with Crippen LogP contribution in [0, 0.1) is 11.3 Å². The van der Waals surface area contributed by atoms with E-state index in [1.807, 2.05) is 23.2 Å². The highest BCUT2D eigenvalue weighted by atomic mass is 16.2. The van der Waals surface area contributed by atoms with Gasteiger partial charge in [-0.05, 0) is 56.9 Å². The van der Waals surface area contributed by atoms with E-state index in [-0.39, 0.29) is 18.0 Å². The number of carbonyl (C=O) groups is 1. The van der Waals surface area contributed by atoms with E-state index in [0.717, 1.165) is 37.9 Å². The summed E-state index contributed by atoms with van der Waals surface area (Å²) in [7, 11) is 0. The minimum absolute atomic E-state index is 0.115. The molecule has 1 amide bonds. The fourth-order valence-electron chi connectivity index (χ4n) is 4.11. The summed E-state index contributed by atoms with van der Waals surface area (Å²) in [5, 5.41) is 17.0. The first-order valence-electron chi connectivity index (χ1n) is 9.33. The third kappa shape index (κ3) is 2.89. The van der Waals surface area contributed by atoms with Gasteiger partial charge in [0.1, 0.15) is 0 Å². The topological polar surface area (TPSA) is 74.0 Å². The monoisotopic (exact) mass is 349 g/mol. The minimum Gasteiger partial charge on any atom is -0.311 e. The fourth-order valence-corrected chi connectivity index (χ4v) is 4.11. The van der Waals surface area contributed by atoms with E-state index >= 15 is 0 Å². The molecule has 6 nitrogen and oxygen atoms in total. The zero-order valence-electron chi connectivity index (χ0n) is 15.0. The number of hydrogen-bond donors (Lipinski definition) is 1. The number of aryl methyl sites for hydroxylation is 1. The molecule has 1 aliphatic heterocycles. The molecule has 0 radical (unpaired) electrons. The molecule has 1 saturated heterocycles. The first-order valence-corrected chi connectivity index (χ1v) is 9.33. The molecule has 1 fully saturated rings. The van der Waals surface area contributed by atoms with Crippen molar-refractivity contribution in [1.29, 1.82) is 5.26 Å². The highest BCUT2D eigenvalue weighted by Gasteiger charge is 2.35. The highest BCUT2D eigenvalue weighted by Crippen LogP contribution is 2.31. The maximum atomic E-state index is 12.9. The molecule has 1 aliphatic carbocycles. The number of anilines is 1. The second kappa shape index (κ2) is 6.93. The number of aromatic nitrogens is 2. The lowest BCUT2D eigenvalue weighted by Crippen LogP contribution is -2.41. The van der Waals surface area contributed by atoms with Gasteiger partial charge in [0.05, 0.1) is 23.9 Å². The van der Waals surface area contributed by atoms with E-state index in [0.29, 0.717) is 12.1 Å². The third-order valence-corrected chi connectivity index (χ3v) is 5.48. The molecule has 0 bridgehead atoms. The second-order valence-corrected chi connectivity index (χ2v) is 6.96. The quantitative estimate of drug-likeness (QED) is 0.920. The van der Waals surface area contributed by atoms with Gasteiger partial charge in [0, 0.05) is 36.1 Å². The zero-order chi connectivity index (χ0) is 18.1. The van der Waals surface area contributed by atoms with Gasteiger partial charge < -0.3 is 4.90 Å². The SMILES string of the molecule is CCn1ncc2c1CCCC2NC1CCN(c2ccc(C#N)cc2)C1=O. The molecule has 2 heterocycles. The smallest absolute Gasteiger partial charge is 0.244 e. The molecule has 6 heteroatoms. The van der Waals surface area contributed by atoms with Gasteiger partial charge >= 0.3 is 0 Å². The number of nitriles is 1. The third-order valence-electron chi connectivity index (χ3n) is 5.48. The van der Waals surface area contributed by atoms with Crippen molar-refractivity contribution in [3.8, 4) is 6.07 Å². The Balaban J connectivity index is 1.48. The van der Waals surface area contributed by atoms with Crippen LogP contribution in [0.25, 0.3) is 0 Å². The number of fused-ring (bicyclic) bond motifs is 1. The van der Waals surface area contributed by atoms with E-state index in [2.05, 4.69) is 28.1 Å². The number of nitrogens with one attached hydrogen (secondary N) is 1. The number of carbonyl (C=O) groups excluding carboxylic acids is 1. The minimum atomic E-state index is -0.161. The molecule has 1 aromatic heterocycles. The Labute approximate surface area is 153 Å².